The Morgan fingerprint density at radius 1 is 1.28 bits per heavy atom. The van der Waals surface area contributed by atoms with E-state index >= 15 is 0 Å². The molecule has 1 saturated heterocycles. The number of nitrogens with one attached hydrogen (secondary N) is 1. The molecule has 0 saturated carbocycles. The number of hydrogen-bond donors (Lipinski definition) is 1. The molecule has 160 valence electrons. The number of ether oxygens (including phenoxy) is 3. The molecule has 8 nitrogen and oxygen atoms in total. The number of esters is 1. The Bertz CT molecular complexity index is 735. The number of carbonyl (C=O) groups is 3. The average Bonchev–Trinajstić information content (AvgIpc) is 3.10. The molecular weight excluding hydrogens is 376 g/mol. The van der Waals surface area contributed by atoms with Gasteiger partial charge >= 0.3 is 12.1 Å². The molecule has 1 aliphatic heterocycles. The molecule has 0 radical (unpaired) electrons. The summed E-state index contributed by atoms with van der Waals surface area (Å²) in [5.41, 5.74) is -0.976. The van der Waals surface area contributed by atoms with Crippen LogP contribution in [0.15, 0.2) is 18.5 Å². The zero-order chi connectivity index (χ0) is 21.5. The van der Waals surface area contributed by atoms with Crippen molar-refractivity contribution in [3.05, 3.63) is 24.0 Å². The van der Waals surface area contributed by atoms with Gasteiger partial charge in [0.25, 0.3) is 0 Å². The second-order valence-corrected chi connectivity index (χ2v) is 8.26. The minimum absolute atomic E-state index is 0.0322. The molecule has 1 aromatic heterocycles. The van der Waals surface area contributed by atoms with Crippen LogP contribution in [0.4, 0.5) is 10.5 Å². The van der Waals surface area contributed by atoms with Gasteiger partial charge in [0, 0.05) is 24.8 Å². The first-order chi connectivity index (χ1) is 13.6. The summed E-state index contributed by atoms with van der Waals surface area (Å²) >= 11 is 0. The van der Waals surface area contributed by atoms with Crippen LogP contribution >= 0.6 is 0 Å². The van der Waals surface area contributed by atoms with Crippen LogP contribution in [-0.2, 0) is 19.0 Å². The predicted molar refractivity (Wildman–Crippen MR) is 107 cm³/mol. The Labute approximate surface area is 171 Å². The highest BCUT2D eigenvalue weighted by Gasteiger charge is 2.45. The van der Waals surface area contributed by atoms with E-state index in [1.165, 1.54) is 18.5 Å². The van der Waals surface area contributed by atoms with Gasteiger partial charge in [-0.15, -0.1) is 0 Å². The molecule has 0 spiro atoms. The molecule has 8 heteroatoms. The average molecular weight is 406 g/mol. The second-order valence-electron chi connectivity index (χ2n) is 8.26. The number of unbranched alkanes of at least 4 members (excludes halogenated alkanes) is 1. The van der Waals surface area contributed by atoms with E-state index in [-0.39, 0.29) is 18.8 Å². The summed E-state index contributed by atoms with van der Waals surface area (Å²) in [6.07, 6.45) is 4.30. The molecule has 1 amide bonds. The summed E-state index contributed by atoms with van der Waals surface area (Å²) in [7, 11) is 0. The Balaban J connectivity index is 2.07. The number of carbonyl (C=O) groups excluding carboxylic acids is 3. The molecule has 1 aliphatic rings. The van der Waals surface area contributed by atoms with Gasteiger partial charge in [-0.2, -0.15) is 0 Å². The van der Waals surface area contributed by atoms with Crippen LogP contribution in [-0.4, -0.2) is 48.3 Å². The quantitative estimate of drug-likeness (QED) is 0.398. The summed E-state index contributed by atoms with van der Waals surface area (Å²) in [5, 5.41) is 2.56. The summed E-state index contributed by atoms with van der Waals surface area (Å²) in [6, 6.07) is 1.52. The van der Waals surface area contributed by atoms with E-state index in [2.05, 4.69) is 10.3 Å². The van der Waals surface area contributed by atoms with Gasteiger partial charge < -0.3 is 14.2 Å². The number of anilines is 1. The summed E-state index contributed by atoms with van der Waals surface area (Å²) < 4.78 is 16.0. The van der Waals surface area contributed by atoms with Gasteiger partial charge in [0.05, 0.1) is 25.1 Å². The van der Waals surface area contributed by atoms with E-state index in [0.717, 1.165) is 12.8 Å². The third-order valence-electron chi connectivity index (χ3n) is 4.47. The molecule has 1 atom stereocenters. The second kappa shape index (κ2) is 9.82. The lowest BCUT2D eigenvalue weighted by Gasteiger charge is -2.24. The number of rotatable bonds is 8. The number of nitrogens with zero attached hydrogens (tertiary/aromatic N) is 1. The zero-order valence-corrected chi connectivity index (χ0v) is 17.6. The lowest BCUT2D eigenvalue weighted by molar-refractivity contribution is -0.156. The summed E-state index contributed by atoms with van der Waals surface area (Å²) in [5.74, 6) is -0.656. The summed E-state index contributed by atoms with van der Waals surface area (Å²) in [6.45, 7) is 8.19. The molecule has 29 heavy (non-hydrogen) atoms. The van der Waals surface area contributed by atoms with Crippen molar-refractivity contribution in [3.63, 3.8) is 0 Å². The highest BCUT2D eigenvalue weighted by atomic mass is 16.6. The van der Waals surface area contributed by atoms with E-state index in [4.69, 9.17) is 14.2 Å². The van der Waals surface area contributed by atoms with Crippen LogP contribution in [0.3, 0.4) is 0 Å². The zero-order valence-electron chi connectivity index (χ0n) is 17.6. The molecule has 1 aromatic rings. The van der Waals surface area contributed by atoms with E-state index in [0.29, 0.717) is 30.9 Å². The maximum Gasteiger partial charge on any atom is 0.412 e. The monoisotopic (exact) mass is 406 g/mol. The van der Waals surface area contributed by atoms with Crippen molar-refractivity contribution in [3.8, 4) is 0 Å². The number of Topliss-reactive ketones (excluding diaryl/α,β-unsaturated/α-hetero) is 1. The fourth-order valence-corrected chi connectivity index (χ4v) is 2.93. The van der Waals surface area contributed by atoms with Crippen molar-refractivity contribution in [2.24, 2.45) is 5.41 Å². The van der Waals surface area contributed by atoms with Gasteiger partial charge in [0.1, 0.15) is 11.0 Å². The highest BCUT2D eigenvalue weighted by Crippen LogP contribution is 2.35. The van der Waals surface area contributed by atoms with Gasteiger partial charge in [0.2, 0.25) is 0 Å². The number of amides is 1. The van der Waals surface area contributed by atoms with Crippen molar-refractivity contribution in [2.45, 2.75) is 59.0 Å². The third-order valence-corrected chi connectivity index (χ3v) is 4.47. The van der Waals surface area contributed by atoms with Crippen molar-refractivity contribution in [1.82, 2.24) is 4.98 Å². The van der Waals surface area contributed by atoms with Crippen LogP contribution in [0, 0.1) is 5.41 Å². The molecule has 1 fully saturated rings. The SMILES string of the molecule is CCCCOC(=O)[C@]1(CC(=O)c2cncc(NC(=O)OC(C)(C)C)c2)CCOC1. The van der Waals surface area contributed by atoms with Gasteiger partial charge in [-0.3, -0.25) is 19.9 Å². The highest BCUT2D eigenvalue weighted by molar-refractivity contribution is 6.00. The topological polar surface area (TPSA) is 104 Å². The number of hydrogen-bond acceptors (Lipinski definition) is 7. The first kappa shape index (κ1) is 22.8. The molecule has 1 N–H and O–H groups in total. The predicted octanol–water partition coefficient (Wildman–Crippen LogP) is 3.75. The smallest absolute Gasteiger partial charge is 0.412 e. The van der Waals surface area contributed by atoms with Gasteiger partial charge in [-0.1, -0.05) is 13.3 Å². The maximum absolute atomic E-state index is 12.9. The van der Waals surface area contributed by atoms with Crippen molar-refractivity contribution in [2.75, 3.05) is 25.1 Å². The first-order valence-corrected chi connectivity index (χ1v) is 9.88. The number of pyridine rings is 1. The Hall–Kier alpha value is -2.48. The van der Waals surface area contributed by atoms with Crippen LogP contribution in [0.25, 0.3) is 0 Å². The Morgan fingerprint density at radius 2 is 2.03 bits per heavy atom. The standard InChI is InChI=1S/C21H30N2O6/c1-5-6-8-28-18(25)21(7-9-27-14-21)11-17(24)15-10-16(13-22-12-15)23-19(26)29-20(2,3)4/h10,12-13H,5-9,11,14H2,1-4H3,(H,23,26)/t21-/m0/s1. The number of ketones is 1. The van der Waals surface area contributed by atoms with Crippen molar-refractivity contribution in [1.29, 1.82) is 0 Å². The lowest BCUT2D eigenvalue weighted by atomic mass is 9.81. The largest absolute Gasteiger partial charge is 0.465 e. The van der Waals surface area contributed by atoms with Crippen LogP contribution in [0.1, 0.15) is 63.7 Å². The maximum atomic E-state index is 12.9. The molecule has 0 bridgehead atoms. The van der Waals surface area contributed by atoms with Gasteiger partial charge in [0.15, 0.2) is 5.78 Å². The fourth-order valence-electron chi connectivity index (χ4n) is 2.93. The molecule has 0 unspecified atom stereocenters. The van der Waals surface area contributed by atoms with Gasteiger partial charge in [-0.05, 0) is 39.7 Å². The van der Waals surface area contributed by atoms with E-state index in [1.54, 1.807) is 20.8 Å². The van der Waals surface area contributed by atoms with Crippen LogP contribution < -0.4 is 5.32 Å². The van der Waals surface area contributed by atoms with Crippen LogP contribution in [0.2, 0.25) is 0 Å². The molecule has 2 rings (SSSR count). The molecule has 0 aliphatic carbocycles. The normalized spacial score (nSPS) is 18.9. The summed E-state index contributed by atoms with van der Waals surface area (Å²) in [4.78, 5) is 41.4. The minimum atomic E-state index is -0.973. The molecule has 0 aromatic carbocycles. The third kappa shape index (κ3) is 6.81. The van der Waals surface area contributed by atoms with E-state index < -0.39 is 23.1 Å². The lowest BCUT2D eigenvalue weighted by Crippen LogP contribution is -2.36. The molecule has 2 heterocycles. The fraction of sp³-hybridized carbons (Fsp3) is 0.619. The van der Waals surface area contributed by atoms with E-state index in [1.807, 2.05) is 6.92 Å². The van der Waals surface area contributed by atoms with Crippen LogP contribution in [0.5, 0.6) is 0 Å². The Kier molecular flexibility index (Phi) is 7.73. The first-order valence-electron chi connectivity index (χ1n) is 9.88. The Morgan fingerprint density at radius 3 is 2.66 bits per heavy atom. The van der Waals surface area contributed by atoms with Crippen molar-refractivity contribution < 1.29 is 28.6 Å². The minimum Gasteiger partial charge on any atom is -0.465 e. The van der Waals surface area contributed by atoms with Crippen molar-refractivity contribution >= 4 is 23.5 Å². The van der Waals surface area contributed by atoms with E-state index in [9.17, 15) is 14.4 Å². The van der Waals surface area contributed by atoms with Gasteiger partial charge in [-0.25, -0.2) is 4.79 Å². The number of aromatic nitrogens is 1. The molecular formula is C21H30N2O6.